The molecule has 0 aliphatic carbocycles. The van der Waals surface area contributed by atoms with Gasteiger partial charge < -0.3 is 9.80 Å². The van der Waals surface area contributed by atoms with Crippen molar-refractivity contribution in [3.8, 4) is 0 Å². The smallest absolute Gasteiger partial charge is 0.254 e. The molecule has 1 aromatic rings. The zero-order valence-corrected chi connectivity index (χ0v) is 13.1. The predicted octanol–water partition coefficient (Wildman–Crippen LogP) is 1.92. The molecule has 1 aliphatic heterocycles. The SMILES string of the molecule is CC1CN(C(=O)c2cccc(N(C)C)c2)CC(C)N1C. The Morgan fingerprint density at radius 3 is 2.35 bits per heavy atom. The quantitative estimate of drug-likeness (QED) is 0.825. The van der Waals surface area contributed by atoms with E-state index in [9.17, 15) is 4.79 Å². The first-order valence-corrected chi connectivity index (χ1v) is 7.18. The van der Waals surface area contributed by atoms with Crippen LogP contribution in [0.15, 0.2) is 24.3 Å². The Balaban J connectivity index is 2.17. The maximum Gasteiger partial charge on any atom is 0.254 e. The summed E-state index contributed by atoms with van der Waals surface area (Å²) >= 11 is 0. The fourth-order valence-electron chi connectivity index (χ4n) is 2.67. The molecule has 20 heavy (non-hydrogen) atoms. The molecular weight excluding hydrogens is 250 g/mol. The number of rotatable bonds is 2. The lowest BCUT2D eigenvalue weighted by atomic mass is 10.1. The van der Waals surface area contributed by atoms with E-state index in [0.29, 0.717) is 12.1 Å². The van der Waals surface area contributed by atoms with Crippen LogP contribution in [0.4, 0.5) is 5.69 Å². The molecular formula is C16H25N3O. The summed E-state index contributed by atoms with van der Waals surface area (Å²) in [5.41, 5.74) is 1.84. The molecule has 0 aromatic heterocycles. The number of hydrogen-bond donors (Lipinski definition) is 0. The van der Waals surface area contributed by atoms with Crippen molar-refractivity contribution in [3.63, 3.8) is 0 Å². The molecule has 1 heterocycles. The van der Waals surface area contributed by atoms with Crippen molar-refractivity contribution < 1.29 is 4.79 Å². The fraction of sp³-hybridized carbons (Fsp3) is 0.562. The van der Waals surface area contributed by atoms with Crippen molar-refractivity contribution in [2.75, 3.05) is 39.1 Å². The molecule has 0 spiro atoms. The summed E-state index contributed by atoms with van der Waals surface area (Å²) in [7, 11) is 6.11. The minimum atomic E-state index is 0.139. The first-order chi connectivity index (χ1) is 9.40. The number of anilines is 1. The van der Waals surface area contributed by atoms with Gasteiger partial charge in [0.1, 0.15) is 0 Å². The van der Waals surface area contributed by atoms with Gasteiger partial charge in [0, 0.05) is 50.5 Å². The van der Waals surface area contributed by atoms with Gasteiger partial charge in [0.05, 0.1) is 0 Å². The normalized spacial score (nSPS) is 23.8. The van der Waals surface area contributed by atoms with Crippen LogP contribution in [-0.2, 0) is 0 Å². The summed E-state index contributed by atoms with van der Waals surface area (Å²) in [6, 6.07) is 8.65. The highest BCUT2D eigenvalue weighted by molar-refractivity contribution is 5.95. The van der Waals surface area contributed by atoms with E-state index in [2.05, 4.69) is 25.8 Å². The van der Waals surface area contributed by atoms with Gasteiger partial charge in [-0.25, -0.2) is 0 Å². The average Bonchev–Trinajstić information content (AvgIpc) is 2.43. The molecule has 110 valence electrons. The van der Waals surface area contributed by atoms with E-state index in [-0.39, 0.29) is 5.91 Å². The molecule has 2 atom stereocenters. The Morgan fingerprint density at radius 2 is 1.80 bits per heavy atom. The van der Waals surface area contributed by atoms with Crippen LogP contribution in [-0.4, -0.2) is 62.0 Å². The molecule has 1 aliphatic rings. The summed E-state index contributed by atoms with van der Waals surface area (Å²) in [4.78, 5) is 19.0. The third-order valence-corrected chi connectivity index (χ3v) is 4.26. The molecule has 1 aromatic carbocycles. The van der Waals surface area contributed by atoms with Crippen molar-refractivity contribution in [3.05, 3.63) is 29.8 Å². The van der Waals surface area contributed by atoms with Crippen molar-refractivity contribution in [1.82, 2.24) is 9.80 Å². The van der Waals surface area contributed by atoms with Gasteiger partial charge in [-0.1, -0.05) is 6.07 Å². The number of carbonyl (C=O) groups excluding carboxylic acids is 1. The summed E-state index contributed by atoms with van der Waals surface area (Å²) < 4.78 is 0. The zero-order chi connectivity index (χ0) is 14.9. The van der Waals surface area contributed by atoms with Gasteiger partial charge >= 0.3 is 0 Å². The molecule has 0 saturated carbocycles. The van der Waals surface area contributed by atoms with E-state index in [1.165, 1.54) is 0 Å². The Kier molecular flexibility index (Phi) is 4.33. The lowest BCUT2D eigenvalue weighted by molar-refractivity contribution is 0.0414. The van der Waals surface area contributed by atoms with Crippen LogP contribution in [0.25, 0.3) is 0 Å². The molecule has 1 saturated heterocycles. The maximum absolute atomic E-state index is 12.7. The topological polar surface area (TPSA) is 26.8 Å². The molecule has 1 amide bonds. The van der Waals surface area contributed by atoms with Crippen molar-refractivity contribution >= 4 is 11.6 Å². The van der Waals surface area contributed by atoms with E-state index in [4.69, 9.17) is 0 Å². The minimum absolute atomic E-state index is 0.139. The molecule has 2 rings (SSSR count). The molecule has 0 N–H and O–H groups in total. The highest BCUT2D eigenvalue weighted by Crippen LogP contribution is 2.19. The highest BCUT2D eigenvalue weighted by atomic mass is 16.2. The largest absolute Gasteiger partial charge is 0.378 e. The predicted molar refractivity (Wildman–Crippen MR) is 83.4 cm³/mol. The molecule has 0 bridgehead atoms. The lowest BCUT2D eigenvalue weighted by Crippen LogP contribution is -2.56. The number of hydrogen-bond acceptors (Lipinski definition) is 3. The van der Waals surface area contributed by atoms with E-state index in [1.807, 2.05) is 48.2 Å². The first kappa shape index (κ1) is 14.9. The standard InChI is InChI=1S/C16H25N3O/c1-12-10-19(11-13(2)18(12)5)16(20)14-7-6-8-15(9-14)17(3)4/h6-9,12-13H,10-11H2,1-5H3. The average molecular weight is 275 g/mol. The van der Waals surface area contributed by atoms with Crippen LogP contribution in [0.1, 0.15) is 24.2 Å². The third-order valence-electron chi connectivity index (χ3n) is 4.26. The fourth-order valence-corrected chi connectivity index (χ4v) is 2.67. The summed E-state index contributed by atoms with van der Waals surface area (Å²) in [5.74, 6) is 0.139. The Morgan fingerprint density at radius 1 is 1.20 bits per heavy atom. The summed E-state index contributed by atoms with van der Waals surface area (Å²) in [6.07, 6.45) is 0. The van der Waals surface area contributed by atoms with E-state index < -0.39 is 0 Å². The van der Waals surface area contributed by atoms with Gasteiger partial charge in [0.25, 0.3) is 5.91 Å². The molecule has 0 radical (unpaired) electrons. The van der Waals surface area contributed by atoms with Gasteiger partial charge in [-0.3, -0.25) is 9.69 Å². The van der Waals surface area contributed by atoms with Crippen LogP contribution in [0, 0.1) is 0 Å². The first-order valence-electron chi connectivity index (χ1n) is 7.18. The maximum atomic E-state index is 12.7. The van der Waals surface area contributed by atoms with Gasteiger partial charge in [-0.15, -0.1) is 0 Å². The molecule has 4 heteroatoms. The second-order valence-corrected chi connectivity index (χ2v) is 6.02. The molecule has 1 fully saturated rings. The van der Waals surface area contributed by atoms with Crippen LogP contribution < -0.4 is 4.90 Å². The Bertz CT molecular complexity index is 474. The van der Waals surface area contributed by atoms with Gasteiger partial charge in [-0.05, 0) is 39.1 Å². The van der Waals surface area contributed by atoms with E-state index in [0.717, 1.165) is 24.3 Å². The lowest BCUT2D eigenvalue weighted by Gasteiger charge is -2.42. The Labute approximate surface area is 122 Å². The van der Waals surface area contributed by atoms with Crippen LogP contribution in [0.5, 0.6) is 0 Å². The number of amides is 1. The van der Waals surface area contributed by atoms with Crippen LogP contribution in [0.3, 0.4) is 0 Å². The third kappa shape index (κ3) is 2.96. The van der Waals surface area contributed by atoms with Crippen molar-refractivity contribution in [1.29, 1.82) is 0 Å². The van der Waals surface area contributed by atoms with Crippen molar-refractivity contribution in [2.45, 2.75) is 25.9 Å². The van der Waals surface area contributed by atoms with Gasteiger partial charge in [0.15, 0.2) is 0 Å². The Hall–Kier alpha value is -1.55. The number of nitrogens with zero attached hydrogens (tertiary/aromatic N) is 3. The number of benzene rings is 1. The summed E-state index contributed by atoms with van der Waals surface area (Å²) in [6.45, 7) is 5.94. The molecule has 4 nitrogen and oxygen atoms in total. The van der Waals surface area contributed by atoms with Gasteiger partial charge in [-0.2, -0.15) is 0 Å². The minimum Gasteiger partial charge on any atom is -0.378 e. The highest BCUT2D eigenvalue weighted by Gasteiger charge is 2.29. The van der Waals surface area contributed by atoms with Crippen molar-refractivity contribution in [2.24, 2.45) is 0 Å². The number of carbonyl (C=O) groups is 1. The number of piperazine rings is 1. The molecule has 2 unspecified atom stereocenters. The van der Waals surface area contributed by atoms with Crippen LogP contribution >= 0.6 is 0 Å². The van der Waals surface area contributed by atoms with E-state index in [1.54, 1.807) is 0 Å². The second kappa shape index (κ2) is 5.83. The second-order valence-electron chi connectivity index (χ2n) is 6.02. The monoisotopic (exact) mass is 275 g/mol. The van der Waals surface area contributed by atoms with Crippen LogP contribution in [0.2, 0.25) is 0 Å². The number of likely N-dealkylation sites (N-methyl/N-ethyl adjacent to an activating group) is 1. The van der Waals surface area contributed by atoms with E-state index >= 15 is 0 Å². The summed E-state index contributed by atoms with van der Waals surface area (Å²) in [5, 5.41) is 0. The van der Waals surface area contributed by atoms with Gasteiger partial charge in [0.2, 0.25) is 0 Å². The zero-order valence-electron chi connectivity index (χ0n) is 13.1.